The zero-order chi connectivity index (χ0) is 23.7. The molecule has 4 rings (SSSR count). The van der Waals surface area contributed by atoms with Gasteiger partial charge >= 0.3 is 11.8 Å². The fraction of sp³-hybridized carbons (Fsp3) is 0.273. The summed E-state index contributed by atoms with van der Waals surface area (Å²) in [6.45, 7) is 4.81. The molecular weight excluding hydrogens is 435 g/mol. The SMILES string of the molecule is CCN1CCN(c2c(F)cc3c(=O)c(OC(=O)O)cn(-c4ccccc4)c3c2[N+](=O)[O-])CC1. The maximum absolute atomic E-state index is 15.3. The molecular formula is C22H21FN4O6. The first-order valence-electron chi connectivity index (χ1n) is 10.3. The number of nitrogens with zero attached hydrogens (tertiary/aromatic N) is 4. The van der Waals surface area contributed by atoms with Crippen LogP contribution < -0.4 is 15.1 Å². The van der Waals surface area contributed by atoms with Gasteiger partial charge in [-0.1, -0.05) is 25.1 Å². The molecule has 0 radical (unpaired) electrons. The van der Waals surface area contributed by atoms with Gasteiger partial charge < -0.3 is 24.2 Å². The number of anilines is 1. The summed E-state index contributed by atoms with van der Waals surface area (Å²) in [6, 6.07) is 9.26. The zero-order valence-electron chi connectivity index (χ0n) is 17.7. The molecule has 0 unspecified atom stereocenters. The van der Waals surface area contributed by atoms with Gasteiger partial charge in [-0.3, -0.25) is 14.9 Å². The van der Waals surface area contributed by atoms with E-state index in [0.29, 0.717) is 31.9 Å². The third-order valence-corrected chi connectivity index (χ3v) is 5.71. The first-order valence-corrected chi connectivity index (χ1v) is 10.3. The minimum Gasteiger partial charge on any atom is -0.449 e. The monoisotopic (exact) mass is 456 g/mol. The molecule has 0 spiro atoms. The molecule has 0 saturated carbocycles. The lowest BCUT2D eigenvalue weighted by atomic mass is 10.1. The average Bonchev–Trinajstić information content (AvgIpc) is 2.80. The van der Waals surface area contributed by atoms with Crippen LogP contribution in [0.1, 0.15) is 6.92 Å². The number of carbonyl (C=O) groups is 1. The van der Waals surface area contributed by atoms with Crippen LogP contribution in [0.3, 0.4) is 0 Å². The predicted octanol–water partition coefficient (Wildman–Crippen LogP) is 3.24. The number of carboxylic acid groups (broad SMARTS) is 1. The number of hydrogen-bond donors (Lipinski definition) is 1. The Bertz CT molecular complexity index is 1290. The van der Waals surface area contributed by atoms with E-state index in [1.54, 1.807) is 35.2 Å². The van der Waals surface area contributed by atoms with Crippen LogP contribution in [0.25, 0.3) is 16.6 Å². The van der Waals surface area contributed by atoms with Crippen LogP contribution in [0.4, 0.5) is 20.6 Å². The molecule has 11 heteroatoms. The van der Waals surface area contributed by atoms with Crippen molar-refractivity contribution in [2.45, 2.75) is 6.92 Å². The Balaban J connectivity index is 2.06. The van der Waals surface area contributed by atoms with E-state index in [4.69, 9.17) is 5.11 Å². The van der Waals surface area contributed by atoms with E-state index in [9.17, 15) is 19.7 Å². The fourth-order valence-electron chi connectivity index (χ4n) is 4.13. The van der Waals surface area contributed by atoms with Gasteiger partial charge in [0.15, 0.2) is 17.3 Å². The number of halogens is 1. The quantitative estimate of drug-likeness (QED) is 0.353. The first-order chi connectivity index (χ1) is 15.8. The summed E-state index contributed by atoms with van der Waals surface area (Å²) >= 11 is 0. The van der Waals surface area contributed by atoms with Gasteiger partial charge in [0.05, 0.1) is 16.5 Å². The average molecular weight is 456 g/mol. The summed E-state index contributed by atoms with van der Waals surface area (Å²) in [5.74, 6) is -1.51. The molecule has 2 heterocycles. The smallest absolute Gasteiger partial charge is 0.449 e. The van der Waals surface area contributed by atoms with Crippen molar-refractivity contribution < 1.29 is 24.0 Å². The van der Waals surface area contributed by atoms with Crippen molar-refractivity contribution in [2.75, 3.05) is 37.6 Å². The Morgan fingerprint density at radius 3 is 2.45 bits per heavy atom. The van der Waals surface area contributed by atoms with E-state index in [2.05, 4.69) is 9.64 Å². The van der Waals surface area contributed by atoms with Gasteiger partial charge in [0.25, 0.3) is 0 Å². The van der Waals surface area contributed by atoms with Crippen molar-refractivity contribution in [3.63, 3.8) is 0 Å². The molecule has 0 aliphatic carbocycles. The van der Waals surface area contributed by atoms with Crippen LogP contribution in [0.15, 0.2) is 47.4 Å². The number of fused-ring (bicyclic) bond motifs is 1. The molecule has 1 aliphatic rings. The maximum Gasteiger partial charge on any atom is 0.511 e. The van der Waals surface area contributed by atoms with E-state index < -0.39 is 33.8 Å². The second kappa shape index (κ2) is 8.87. The first kappa shape index (κ1) is 22.2. The Labute approximate surface area is 187 Å². The molecule has 3 aromatic rings. The van der Waals surface area contributed by atoms with Crippen molar-refractivity contribution in [2.24, 2.45) is 0 Å². The number of benzene rings is 2. The van der Waals surface area contributed by atoms with Crippen LogP contribution >= 0.6 is 0 Å². The van der Waals surface area contributed by atoms with E-state index in [0.717, 1.165) is 18.8 Å². The topological polar surface area (TPSA) is 118 Å². The van der Waals surface area contributed by atoms with Gasteiger partial charge in [-0.25, -0.2) is 9.18 Å². The molecule has 1 aliphatic heterocycles. The van der Waals surface area contributed by atoms with Crippen LogP contribution in [-0.4, -0.2) is 58.4 Å². The number of ether oxygens (including phenoxy) is 1. The third kappa shape index (κ3) is 4.10. The normalized spacial score (nSPS) is 14.4. The van der Waals surface area contributed by atoms with Gasteiger partial charge in [-0.15, -0.1) is 0 Å². The number of nitro groups is 1. The van der Waals surface area contributed by atoms with Gasteiger partial charge in [-0.2, -0.15) is 0 Å². The summed E-state index contributed by atoms with van der Waals surface area (Å²) < 4.78 is 21.2. The van der Waals surface area contributed by atoms with Crippen LogP contribution in [0.5, 0.6) is 5.75 Å². The highest BCUT2D eigenvalue weighted by molar-refractivity contribution is 5.96. The van der Waals surface area contributed by atoms with E-state index in [-0.39, 0.29) is 16.6 Å². The number of aromatic nitrogens is 1. The third-order valence-electron chi connectivity index (χ3n) is 5.71. The molecule has 0 atom stereocenters. The lowest BCUT2D eigenvalue weighted by Crippen LogP contribution is -2.46. The summed E-state index contributed by atoms with van der Waals surface area (Å²) in [4.78, 5) is 39.4. The maximum atomic E-state index is 15.3. The number of likely N-dealkylation sites (N-methyl/N-ethyl adjacent to an activating group) is 1. The highest BCUT2D eigenvalue weighted by atomic mass is 19.1. The van der Waals surface area contributed by atoms with Crippen LogP contribution in [0, 0.1) is 15.9 Å². The Hall–Kier alpha value is -3.99. The molecule has 10 nitrogen and oxygen atoms in total. The Morgan fingerprint density at radius 1 is 1.21 bits per heavy atom. The van der Waals surface area contributed by atoms with Crippen LogP contribution in [0.2, 0.25) is 0 Å². The summed E-state index contributed by atoms with van der Waals surface area (Å²) in [5.41, 5.74) is -1.43. The predicted molar refractivity (Wildman–Crippen MR) is 119 cm³/mol. The number of hydrogen-bond acceptors (Lipinski definition) is 7. The molecule has 1 saturated heterocycles. The molecule has 1 aromatic heterocycles. The molecule has 1 fully saturated rings. The summed E-state index contributed by atoms with van der Waals surface area (Å²) in [6.07, 6.45) is -0.649. The standard InChI is InChI=1S/C22H21FN4O6/c1-2-24-8-10-25(11-9-24)19-16(23)12-15-18(20(19)27(31)32)26(14-6-4-3-5-7-14)13-17(21(15)28)33-22(29)30/h3-7,12-13H,2,8-11H2,1H3,(H,29,30). The molecule has 2 aromatic carbocycles. The largest absolute Gasteiger partial charge is 0.511 e. The van der Waals surface area contributed by atoms with Gasteiger partial charge in [-0.05, 0) is 24.7 Å². The summed E-state index contributed by atoms with van der Waals surface area (Å²) in [7, 11) is 0. The second-order valence-electron chi connectivity index (χ2n) is 7.53. The number of rotatable bonds is 5. The van der Waals surface area contributed by atoms with E-state index in [1.165, 1.54) is 4.57 Å². The van der Waals surface area contributed by atoms with Gasteiger partial charge in [0.1, 0.15) is 5.52 Å². The Kier molecular flexibility index (Phi) is 5.97. The van der Waals surface area contributed by atoms with Crippen molar-refractivity contribution in [1.29, 1.82) is 0 Å². The summed E-state index contributed by atoms with van der Waals surface area (Å²) in [5, 5.41) is 20.9. The number of para-hydroxylation sites is 1. The highest BCUT2D eigenvalue weighted by Gasteiger charge is 2.33. The van der Waals surface area contributed by atoms with Crippen molar-refractivity contribution in [3.05, 3.63) is 68.7 Å². The number of piperazine rings is 1. The molecule has 0 bridgehead atoms. The number of nitro benzene ring substituents is 1. The molecule has 1 N–H and O–H groups in total. The second-order valence-corrected chi connectivity index (χ2v) is 7.53. The highest BCUT2D eigenvalue weighted by Crippen LogP contribution is 2.39. The van der Waals surface area contributed by atoms with E-state index in [1.807, 2.05) is 6.92 Å². The van der Waals surface area contributed by atoms with Crippen molar-refractivity contribution in [3.8, 4) is 11.4 Å². The van der Waals surface area contributed by atoms with Crippen molar-refractivity contribution >= 4 is 28.4 Å². The van der Waals surface area contributed by atoms with Crippen molar-refractivity contribution in [1.82, 2.24) is 9.47 Å². The van der Waals surface area contributed by atoms with E-state index >= 15 is 4.39 Å². The van der Waals surface area contributed by atoms with Gasteiger partial charge in [0.2, 0.25) is 5.43 Å². The minimum atomic E-state index is -1.73. The molecule has 172 valence electrons. The van der Waals surface area contributed by atoms with Crippen LogP contribution in [-0.2, 0) is 0 Å². The fourth-order valence-corrected chi connectivity index (χ4v) is 4.13. The molecule has 0 amide bonds. The zero-order valence-corrected chi connectivity index (χ0v) is 17.7. The van der Waals surface area contributed by atoms with Gasteiger partial charge in [0, 0.05) is 31.9 Å². The lowest BCUT2D eigenvalue weighted by Gasteiger charge is -2.35. The number of pyridine rings is 1. The minimum absolute atomic E-state index is 0.136. The Morgan fingerprint density at radius 2 is 1.88 bits per heavy atom. The lowest BCUT2D eigenvalue weighted by molar-refractivity contribution is -0.382. The molecule has 33 heavy (non-hydrogen) atoms.